The molecule has 1 unspecified atom stereocenters. The molecule has 16 heavy (non-hydrogen) atoms. The third-order valence-corrected chi connectivity index (χ3v) is 2.80. The fourth-order valence-corrected chi connectivity index (χ4v) is 1.52. The van der Waals surface area contributed by atoms with Gasteiger partial charge in [-0.25, -0.2) is 0 Å². The SMILES string of the molecule is CC(C)C(N)CCCCOc1ccccc1. The van der Waals surface area contributed by atoms with Gasteiger partial charge < -0.3 is 10.5 Å². The van der Waals surface area contributed by atoms with E-state index < -0.39 is 0 Å². The number of hydrogen-bond acceptors (Lipinski definition) is 2. The predicted octanol–water partition coefficient (Wildman–Crippen LogP) is 3.22. The molecule has 1 atom stereocenters. The van der Waals surface area contributed by atoms with Crippen LogP contribution in [-0.4, -0.2) is 12.6 Å². The van der Waals surface area contributed by atoms with Crippen molar-refractivity contribution in [2.24, 2.45) is 11.7 Å². The first-order valence-corrected chi connectivity index (χ1v) is 6.13. The van der Waals surface area contributed by atoms with Crippen molar-refractivity contribution in [1.82, 2.24) is 0 Å². The van der Waals surface area contributed by atoms with Gasteiger partial charge in [-0.05, 0) is 37.3 Å². The summed E-state index contributed by atoms with van der Waals surface area (Å²) in [5.74, 6) is 1.53. The maximum Gasteiger partial charge on any atom is 0.119 e. The molecular formula is C14H23NO. The summed E-state index contributed by atoms with van der Waals surface area (Å²) in [6.45, 7) is 5.13. The number of para-hydroxylation sites is 1. The molecular weight excluding hydrogens is 198 g/mol. The van der Waals surface area contributed by atoms with Gasteiger partial charge in [-0.2, -0.15) is 0 Å². The van der Waals surface area contributed by atoms with Crippen molar-refractivity contribution < 1.29 is 4.74 Å². The first-order valence-electron chi connectivity index (χ1n) is 6.13. The molecule has 0 aliphatic rings. The molecule has 0 spiro atoms. The van der Waals surface area contributed by atoms with Crippen molar-refractivity contribution >= 4 is 0 Å². The van der Waals surface area contributed by atoms with Gasteiger partial charge in [0.2, 0.25) is 0 Å². The smallest absolute Gasteiger partial charge is 0.119 e. The topological polar surface area (TPSA) is 35.2 Å². The second kappa shape index (κ2) is 7.29. The Morgan fingerprint density at radius 3 is 2.44 bits per heavy atom. The number of rotatable bonds is 7. The largest absolute Gasteiger partial charge is 0.494 e. The Balaban J connectivity index is 2.04. The third-order valence-electron chi connectivity index (χ3n) is 2.80. The van der Waals surface area contributed by atoms with Crippen molar-refractivity contribution in [2.45, 2.75) is 39.2 Å². The summed E-state index contributed by atoms with van der Waals surface area (Å²) in [6, 6.07) is 10.3. The van der Waals surface area contributed by atoms with E-state index in [9.17, 15) is 0 Å². The minimum atomic E-state index is 0.330. The number of unbranched alkanes of at least 4 members (excludes halogenated alkanes) is 1. The number of hydrogen-bond donors (Lipinski definition) is 1. The Bertz CT molecular complexity index is 271. The summed E-state index contributed by atoms with van der Waals surface area (Å²) in [4.78, 5) is 0. The van der Waals surface area contributed by atoms with Crippen LogP contribution in [0.3, 0.4) is 0 Å². The molecule has 0 bridgehead atoms. The molecule has 0 radical (unpaired) electrons. The molecule has 0 aromatic heterocycles. The minimum absolute atomic E-state index is 0.330. The predicted molar refractivity (Wildman–Crippen MR) is 68.6 cm³/mol. The highest BCUT2D eigenvalue weighted by atomic mass is 16.5. The first kappa shape index (κ1) is 13.0. The Hall–Kier alpha value is -1.02. The van der Waals surface area contributed by atoms with Crippen LogP contribution in [0, 0.1) is 5.92 Å². The van der Waals surface area contributed by atoms with Gasteiger partial charge in [-0.3, -0.25) is 0 Å². The highest BCUT2D eigenvalue weighted by molar-refractivity contribution is 5.20. The minimum Gasteiger partial charge on any atom is -0.494 e. The van der Waals surface area contributed by atoms with Crippen LogP contribution in [0.1, 0.15) is 33.1 Å². The normalized spacial score (nSPS) is 12.8. The monoisotopic (exact) mass is 221 g/mol. The second-order valence-electron chi connectivity index (χ2n) is 4.57. The lowest BCUT2D eigenvalue weighted by atomic mass is 10.00. The maximum atomic E-state index is 5.97. The van der Waals surface area contributed by atoms with Gasteiger partial charge in [0.25, 0.3) is 0 Å². The van der Waals surface area contributed by atoms with Gasteiger partial charge in [-0.15, -0.1) is 0 Å². The van der Waals surface area contributed by atoms with Crippen LogP contribution in [0.15, 0.2) is 30.3 Å². The lowest BCUT2D eigenvalue weighted by molar-refractivity contribution is 0.299. The van der Waals surface area contributed by atoms with E-state index in [1.165, 1.54) is 0 Å². The van der Waals surface area contributed by atoms with Gasteiger partial charge in [0.1, 0.15) is 5.75 Å². The number of ether oxygens (including phenoxy) is 1. The molecule has 1 aromatic carbocycles. The summed E-state index contributed by atoms with van der Waals surface area (Å²) in [5.41, 5.74) is 5.97. The summed E-state index contributed by atoms with van der Waals surface area (Å²) < 4.78 is 5.61. The molecule has 0 saturated heterocycles. The standard InChI is InChI=1S/C14H23NO/c1-12(2)14(15)10-6-7-11-16-13-8-4-3-5-9-13/h3-5,8-9,12,14H,6-7,10-11,15H2,1-2H3. The average molecular weight is 221 g/mol. The first-order chi connectivity index (χ1) is 7.70. The van der Waals surface area contributed by atoms with E-state index in [1.807, 2.05) is 30.3 Å². The van der Waals surface area contributed by atoms with Gasteiger partial charge >= 0.3 is 0 Å². The van der Waals surface area contributed by atoms with Gasteiger partial charge in [0.05, 0.1) is 6.61 Å². The zero-order chi connectivity index (χ0) is 11.8. The van der Waals surface area contributed by atoms with Crippen LogP contribution < -0.4 is 10.5 Å². The van der Waals surface area contributed by atoms with E-state index in [0.29, 0.717) is 12.0 Å². The van der Waals surface area contributed by atoms with Gasteiger partial charge in [0, 0.05) is 6.04 Å². The Morgan fingerprint density at radius 2 is 1.81 bits per heavy atom. The highest BCUT2D eigenvalue weighted by Crippen LogP contribution is 2.11. The fourth-order valence-electron chi connectivity index (χ4n) is 1.52. The summed E-state index contributed by atoms with van der Waals surface area (Å²) in [7, 11) is 0. The van der Waals surface area contributed by atoms with E-state index in [-0.39, 0.29) is 0 Å². The van der Waals surface area contributed by atoms with E-state index in [4.69, 9.17) is 10.5 Å². The second-order valence-corrected chi connectivity index (χ2v) is 4.57. The quantitative estimate of drug-likeness (QED) is 0.717. The lowest BCUT2D eigenvalue weighted by Gasteiger charge is -2.15. The maximum absolute atomic E-state index is 5.97. The molecule has 90 valence electrons. The Morgan fingerprint density at radius 1 is 1.12 bits per heavy atom. The molecule has 2 heteroatoms. The summed E-state index contributed by atoms with van der Waals surface area (Å²) in [6.07, 6.45) is 3.32. The molecule has 0 aliphatic heterocycles. The summed E-state index contributed by atoms with van der Waals surface area (Å²) >= 11 is 0. The molecule has 2 N–H and O–H groups in total. The average Bonchev–Trinajstić information content (AvgIpc) is 2.29. The highest BCUT2D eigenvalue weighted by Gasteiger charge is 2.06. The third kappa shape index (κ3) is 5.17. The van der Waals surface area contributed by atoms with E-state index in [1.54, 1.807) is 0 Å². The van der Waals surface area contributed by atoms with Crippen LogP contribution in [0.25, 0.3) is 0 Å². The van der Waals surface area contributed by atoms with Crippen molar-refractivity contribution in [3.05, 3.63) is 30.3 Å². The van der Waals surface area contributed by atoms with Gasteiger partial charge in [-0.1, -0.05) is 32.0 Å². The molecule has 2 nitrogen and oxygen atoms in total. The fraction of sp³-hybridized carbons (Fsp3) is 0.571. The molecule has 1 aromatic rings. The van der Waals surface area contributed by atoms with Crippen LogP contribution >= 0.6 is 0 Å². The summed E-state index contributed by atoms with van der Waals surface area (Å²) in [5, 5.41) is 0. The zero-order valence-corrected chi connectivity index (χ0v) is 10.4. The number of nitrogens with two attached hydrogens (primary N) is 1. The van der Waals surface area contributed by atoms with Crippen molar-refractivity contribution in [2.75, 3.05) is 6.61 Å². The van der Waals surface area contributed by atoms with E-state index >= 15 is 0 Å². The zero-order valence-electron chi connectivity index (χ0n) is 10.4. The van der Waals surface area contributed by atoms with Crippen molar-refractivity contribution in [3.8, 4) is 5.75 Å². The van der Waals surface area contributed by atoms with Crippen LogP contribution in [0.4, 0.5) is 0 Å². The van der Waals surface area contributed by atoms with E-state index in [0.717, 1.165) is 31.6 Å². The van der Waals surface area contributed by atoms with Crippen molar-refractivity contribution in [3.63, 3.8) is 0 Å². The molecule has 0 amide bonds. The van der Waals surface area contributed by atoms with Crippen LogP contribution in [0.5, 0.6) is 5.75 Å². The Kier molecular flexibility index (Phi) is 5.94. The molecule has 1 rings (SSSR count). The molecule has 0 heterocycles. The van der Waals surface area contributed by atoms with Crippen molar-refractivity contribution in [1.29, 1.82) is 0 Å². The van der Waals surface area contributed by atoms with E-state index in [2.05, 4.69) is 13.8 Å². The van der Waals surface area contributed by atoms with Crippen LogP contribution in [0.2, 0.25) is 0 Å². The molecule has 0 aliphatic carbocycles. The number of benzene rings is 1. The van der Waals surface area contributed by atoms with Gasteiger partial charge in [0.15, 0.2) is 0 Å². The molecule has 0 fully saturated rings. The van der Waals surface area contributed by atoms with Crippen LogP contribution in [-0.2, 0) is 0 Å². The lowest BCUT2D eigenvalue weighted by Crippen LogP contribution is -2.26. The Labute approximate surface area is 98.8 Å². The molecule has 0 saturated carbocycles.